The number of fused-ring (bicyclic) bond motifs is 2. The summed E-state index contributed by atoms with van der Waals surface area (Å²) in [6.07, 6.45) is 0. The number of benzene rings is 2. The van der Waals surface area contributed by atoms with Crippen LogP contribution in [0.25, 0.3) is 0 Å². The molecule has 4 rings (SSSR count). The van der Waals surface area contributed by atoms with Gasteiger partial charge in [-0.2, -0.15) is 0 Å². The van der Waals surface area contributed by atoms with Gasteiger partial charge in [0, 0.05) is 28.3 Å². The van der Waals surface area contributed by atoms with Gasteiger partial charge in [0.2, 0.25) is 0 Å². The van der Waals surface area contributed by atoms with Gasteiger partial charge in [0.25, 0.3) is 23.6 Å². The Kier molecular flexibility index (Phi) is 7.35. The minimum Gasteiger partial charge on any atom is -0.359 e. The van der Waals surface area contributed by atoms with Crippen molar-refractivity contribution in [3.05, 3.63) is 70.8 Å². The van der Waals surface area contributed by atoms with Gasteiger partial charge in [-0.25, -0.2) is 0 Å². The lowest BCUT2D eigenvalue weighted by molar-refractivity contribution is -0.00272. The maximum Gasteiger partial charge on any atom is 0.261 e. The lowest BCUT2D eigenvalue weighted by Crippen LogP contribution is -2.24. The summed E-state index contributed by atoms with van der Waals surface area (Å²) >= 11 is 0. The Morgan fingerprint density at radius 2 is 0.828 bits per heavy atom. The highest BCUT2D eigenvalue weighted by atomic mass is 16.6. The van der Waals surface area contributed by atoms with Crippen LogP contribution in [0.1, 0.15) is 41.4 Å². The summed E-state index contributed by atoms with van der Waals surface area (Å²) < 4.78 is 8.94. The van der Waals surface area contributed by atoms with E-state index in [9.17, 15) is 19.2 Å². The third-order valence-electron chi connectivity index (χ3n) is 4.23. The molecule has 29 heavy (non-hydrogen) atoms. The van der Waals surface area contributed by atoms with Crippen LogP contribution in [0.2, 0.25) is 0 Å². The van der Waals surface area contributed by atoms with Crippen molar-refractivity contribution < 1.29 is 28.7 Å². The minimum atomic E-state index is -0.212. The average Bonchev–Trinajstić information content (AvgIpc) is 3.11. The average molecular weight is 398 g/mol. The van der Waals surface area contributed by atoms with Crippen LogP contribution in [0.15, 0.2) is 48.5 Å². The number of carbonyl (C=O) groups excluding carboxylic acids is 4. The first-order chi connectivity index (χ1) is 13.8. The highest BCUT2D eigenvalue weighted by Gasteiger charge is 2.32. The fourth-order valence-electron chi connectivity index (χ4n) is 2.74. The summed E-state index contributed by atoms with van der Waals surface area (Å²) in [6.45, 7) is 0.389. The second-order valence-corrected chi connectivity index (χ2v) is 6.13. The van der Waals surface area contributed by atoms with Gasteiger partial charge in [0.05, 0.1) is 22.3 Å². The number of hydrogen-bond acceptors (Lipinski definition) is 6. The molecule has 0 aliphatic carbocycles. The van der Waals surface area contributed by atoms with E-state index in [1.807, 2.05) is 0 Å². The van der Waals surface area contributed by atoms with Crippen molar-refractivity contribution in [2.24, 2.45) is 0 Å². The van der Waals surface area contributed by atoms with Crippen LogP contribution in [0.5, 0.6) is 0 Å². The van der Waals surface area contributed by atoms with E-state index in [2.05, 4.69) is 9.47 Å². The Bertz CT molecular complexity index is 795. The van der Waals surface area contributed by atoms with Crippen molar-refractivity contribution in [1.82, 2.24) is 9.80 Å². The van der Waals surface area contributed by atoms with E-state index in [0.717, 1.165) is 9.80 Å². The third kappa shape index (κ3) is 4.56. The highest BCUT2D eigenvalue weighted by molar-refractivity contribution is 6.21. The normalized spacial score (nSPS) is 14.1. The van der Waals surface area contributed by atoms with Crippen molar-refractivity contribution in [2.45, 2.75) is 0 Å². The first kappa shape index (κ1) is 21.9. The SMILES string of the molecule is CN1C(=O)c2ccccc2C1=O.CN1C(=O)c2ccccc2C1=O.COCOC. The number of nitrogens with zero attached hydrogens (tertiary/aromatic N) is 2. The van der Waals surface area contributed by atoms with Gasteiger partial charge in [-0.3, -0.25) is 29.0 Å². The molecule has 0 fully saturated rings. The molecular formula is C21H22N2O6. The Balaban J connectivity index is 0.000000170. The van der Waals surface area contributed by atoms with Crippen molar-refractivity contribution in [3.63, 3.8) is 0 Å². The molecule has 0 aromatic heterocycles. The molecule has 8 heteroatoms. The van der Waals surface area contributed by atoms with E-state index < -0.39 is 0 Å². The number of amides is 4. The van der Waals surface area contributed by atoms with Gasteiger partial charge in [0.1, 0.15) is 6.79 Å². The number of carbonyl (C=O) groups is 4. The quantitative estimate of drug-likeness (QED) is 0.568. The fourth-order valence-corrected chi connectivity index (χ4v) is 2.74. The number of methoxy groups -OCH3 is 2. The Morgan fingerprint density at radius 1 is 0.586 bits per heavy atom. The van der Waals surface area contributed by atoms with Crippen LogP contribution < -0.4 is 0 Å². The van der Waals surface area contributed by atoms with Crippen LogP contribution in [0, 0.1) is 0 Å². The molecule has 2 aromatic rings. The van der Waals surface area contributed by atoms with Crippen molar-refractivity contribution in [1.29, 1.82) is 0 Å². The van der Waals surface area contributed by atoms with Crippen LogP contribution in [-0.4, -0.2) is 68.5 Å². The second-order valence-electron chi connectivity index (χ2n) is 6.13. The van der Waals surface area contributed by atoms with Gasteiger partial charge in [-0.1, -0.05) is 24.3 Å². The van der Waals surface area contributed by atoms with E-state index in [1.165, 1.54) is 14.1 Å². The molecule has 0 saturated carbocycles. The number of imide groups is 2. The zero-order valence-electron chi connectivity index (χ0n) is 16.7. The number of ether oxygens (including phenoxy) is 2. The molecule has 0 bridgehead atoms. The molecule has 2 aromatic carbocycles. The van der Waals surface area contributed by atoms with Crippen LogP contribution in [0.4, 0.5) is 0 Å². The van der Waals surface area contributed by atoms with E-state index >= 15 is 0 Å². The number of rotatable bonds is 2. The maximum atomic E-state index is 11.3. The van der Waals surface area contributed by atoms with E-state index in [1.54, 1.807) is 62.8 Å². The molecule has 0 spiro atoms. The van der Waals surface area contributed by atoms with Gasteiger partial charge in [-0.15, -0.1) is 0 Å². The summed E-state index contributed by atoms with van der Waals surface area (Å²) in [6, 6.07) is 13.7. The Morgan fingerprint density at radius 3 is 1.00 bits per heavy atom. The van der Waals surface area contributed by atoms with Gasteiger partial charge in [-0.05, 0) is 24.3 Å². The summed E-state index contributed by atoms with van der Waals surface area (Å²) in [4.78, 5) is 47.5. The summed E-state index contributed by atoms with van der Waals surface area (Å²) in [5.41, 5.74) is 2.02. The van der Waals surface area contributed by atoms with E-state index in [-0.39, 0.29) is 23.6 Å². The van der Waals surface area contributed by atoms with E-state index in [4.69, 9.17) is 0 Å². The molecule has 0 radical (unpaired) electrons. The van der Waals surface area contributed by atoms with Gasteiger partial charge < -0.3 is 9.47 Å². The molecule has 2 heterocycles. The molecule has 2 aliphatic rings. The Labute approximate surface area is 168 Å². The zero-order valence-corrected chi connectivity index (χ0v) is 16.7. The van der Waals surface area contributed by atoms with Gasteiger partial charge >= 0.3 is 0 Å². The molecule has 0 unspecified atom stereocenters. The molecule has 0 atom stereocenters. The maximum absolute atomic E-state index is 11.3. The summed E-state index contributed by atoms with van der Waals surface area (Å²) in [5, 5.41) is 0. The number of hydrogen-bond donors (Lipinski definition) is 0. The molecule has 4 amide bonds. The Hall–Kier alpha value is -3.36. The molecule has 152 valence electrons. The standard InChI is InChI=1S/2C9H7NO2.C3H8O2/c2*1-10-8(11)6-4-2-3-5-7(6)9(10)12;1-4-3-5-2/h2*2-5H,1H3;3H2,1-2H3. The fraction of sp³-hybridized carbons (Fsp3) is 0.238. The third-order valence-corrected chi connectivity index (χ3v) is 4.23. The lowest BCUT2D eigenvalue weighted by atomic mass is 10.1. The smallest absolute Gasteiger partial charge is 0.261 e. The van der Waals surface area contributed by atoms with Crippen LogP contribution in [0.3, 0.4) is 0 Å². The van der Waals surface area contributed by atoms with Crippen LogP contribution in [-0.2, 0) is 9.47 Å². The molecule has 0 N–H and O–H groups in total. The monoisotopic (exact) mass is 398 g/mol. The second kappa shape index (κ2) is 9.72. The first-order valence-electron chi connectivity index (χ1n) is 8.65. The molecule has 2 aliphatic heterocycles. The zero-order chi connectivity index (χ0) is 21.6. The molecule has 8 nitrogen and oxygen atoms in total. The molecule has 0 saturated heterocycles. The predicted molar refractivity (Wildman–Crippen MR) is 105 cm³/mol. The lowest BCUT2D eigenvalue weighted by Gasteiger charge is -2.02. The first-order valence-corrected chi connectivity index (χ1v) is 8.65. The topological polar surface area (TPSA) is 93.2 Å². The van der Waals surface area contributed by atoms with E-state index in [0.29, 0.717) is 29.0 Å². The largest absolute Gasteiger partial charge is 0.359 e. The summed E-state index contributed by atoms with van der Waals surface area (Å²) in [5.74, 6) is -0.850. The van der Waals surface area contributed by atoms with Crippen molar-refractivity contribution in [2.75, 3.05) is 35.1 Å². The highest BCUT2D eigenvalue weighted by Crippen LogP contribution is 2.21. The van der Waals surface area contributed by atoms with Crippen LogP contribution >= 0.6 is 0 Å². The minimum absolute atomic E-state index is 0.212. The predicted octanol–water partition coefficient (Wildman–Crippen LogP) is 2.06. The summed E-state index contributed by atoms with van der Waals surface area (Å²) in [7, 11) is 6.16. The van der Waals surface area contributed by atoms with Crippen molar-refractivity contribution >= 4 is 23.6 Å². The molecular weight excluding hydrogens is 376 g/mol. The van der Waals surface area contributed by atoms with Gasteiger partial charge in [0.15, 0.2) is 0 Å². The van der Waals surface area contributed by atoms with Crippen molar-refractivity contribution in [3.8, 4) is 0 Å².